The van der Waals surface area contributed by atoms with Gasteiger partial charge in [0.25, 0.3) is 0 Å². The van der Waals surface area contributed by atoms with Crippen molar-refractivity contribution in [3.63, 3.8) is 0 Å². The lowest BCUT2D eigenvalue weighted by Crippen LogP contribution is -2.00. The number of nitrogens with zero attached hydrogens (tertiary/aromatic N) is 1. The molecule has 0 amide bonds. The molecule has 0 aliphatic heterocycles. The quantitative estimate of drug-likeness (QED) is 0.909. The van der Waals surface area contributed by atoms with Crippen LogP contribution in [0.1, 0.15) is 15.9 Å². The van der Waals surface area contributed by atoms with E-state index in [0.29, 0.717) is 5.82 Å². The van der Waals surface area contributed by atoms with Gasteiger partial charge in [-0.25, -0.2) is 9.78 Å². The summed E-state index contributed by atoms with van der Waals surface area (Å²) in [6.45, 7) is 1.98. The zero-order valence-corrected chi connectivity index (χ0v) is 11.2. The fourth-order valence-corrected chi connectivity index (χ4v) is 1.84. The molecule has 0 unspecified atom stereocenters. The van der Waals surface area contributed by atoms with Gasteiger partial charge in [0.05, 0.1) is 5.56 Å². The largest absolute Gasteiger partial charge is 0.478 e. The normalized spacial score (nSPS) is 10.1. The molecule has 1 aromatic heterocycles. The number of benzene rings is 1. The molecule has 1 heterocycles. The van der Waals surface area contributed by atoms with E-state index in [1.165, 1.54) is 12.3 Å². The lowest BCUT2D eigenvalue weighted by atomic mass is 10.2. The van der Waals surface area contributed by atoms with E-state index in [4.69, 9.17) is 5.11 Å². The number of carbonyl (C=O) groups is 1. The Morgan fingerprint density at radius 1 is 1.33 bits per heavy atom. The van der Waals surface area contributed by atoms with Crippen LogP contribution in [-0.4, -0.2) is 16.1 Å². The second-order valence-corrected chi connectivity index (χ2v) is 4.63. The molecule has 4 nitrogen and oxygen atoms in total. The van der Waals surface area contributed by atoms with Crippen LogP contribution in [-0.2, 0) is 0 Å². The Bertz CT molecular complexity index is 582. The number of carboxylic acid groups (broad SMARTS) is 1. The Morgan fingerprint density at radius 2 is 2.11 bits per heavy atom. The number of aromatic nitrogens is 1. The number of halogens is 1. The predicted octanol–water partition coefficient (Wildman–Crippen LogP) is 3.59. The molecule has 0 spiro atoms. The molecule has 0 saturated carbocycles. The van der Waals surface area contributed by atoms with Crippen LogP contribution in [0.4, 0.5) is 11.5 Å². The van der Waals surface area contributed by atoms with Crippen molar-refractivity contribution < 1.29 is 9.90 Å². The number of carboxylic acids is 1. The highest BCUT2D eigenvalue weighted by molar-refractivity contribution is 9.10. The molecule has 0 atom stereocenters. The van der Waals surface area contributed by atoms with Crippen LogP contribution >= 0.6 is 15.9 Å². The lowest BCUT2D eigenvalue weighted by molar-refractivity contribution is 0.0696. The molecule has 18 heavy (non-hydrogen) atoms. The van der Waals surface area contributed by atoms with Crippen LogP contribution in [0.15, 0.2) is 41.0 Å². The van der Waals surface area contributed by atoms with Crippen LogP contribution in [0.25, 0.3) is 0 Å². The highest BCUT2D eigenvalue weighted by atomic mass is 79.9. The lowest BCUT2D eigenvalue weighted by Gasteiger charge is -2.09. The van der Waals surface area contributed by atoms with Crippen LogP contribution in [0.5, 0.6) is 0 Å². The van der Waals surface area contributed by atoms with Gasteiger partial charge < -0.3 is 10.4 Å². The zero-order valence-electron chi connectivity index (χ0n) is 9.64. The summed E-state index contributed by atoms with van der Waals surface area (Å²) in [5, 5.41) is 11.9. The maximum atomic E-state index is 10.7. The first-order valence-corrected chi connectivity index (χ1v) is 6.08. The number of nitrogens with one attached hydrogen (secondary N) is 1. The third-order valence-corrected chi connectivity index (χ3v) is 3.40. The minimum Gasteiger partial charge on any atom is -0.478 e. The van der Waals surface area contributed by atoms with Gasteiger partial charge in [0.1, 0.15) is 5.82 Å². The van der Waals surface area contributed by atoms with Gasteiger partial charge in [0.15, 0.2) is 0 Å². The monoisotopic (exact) mass is 306 g/mol. The van der Waals surface area contributed by atoms with Crippen molar-refractivity contribution in [2.45, 2.75) is 6.92 Å². The van der Waals surface area contributed by atoms with Crippen molar-refractivity contribution >= 4 is 33.4 Å². The zero-order chi connectivity index (χ0) is 13.1. The maximum absolute atomic E-state index is 10.7. The van der Waals surface area contributed by atoms with E-state index in [1.54, 1.807) is 6.07 Å². The van der Waals surface area contributed by atoms with Gasteiger partial charge in [-0.1, -0.05) is 22.0 Å². The number of rotatable bonds is 3. The van der Waals surface area contributed by atoms with Crippen LogP contribution < -0.4 is 5.32 Å². The summed E-state index contributed by atoms with van der Waals surface area (Å²) >= 11 is 3.45. The summed E-state index contributed by atoms with van der Waals surface area (Å²) in [5.41, 5.74) is 2.17. The Balaban J connectivity index is 2.24. The van der Waals surface area contributed by atoms with Crippen molar-refractivity contribution in [1.29, 1.82) is 0 Å². The summed E-state index contributed by atoms with van der Waals surface area (Å²) in [7, 11) is 0. The fraction of sp³-hybridized carbons (Fsp3) is 0.0769. The van der Waals surface area contributed by atoms with Gasteiger partial charge in [0.2, 0.25) is 0 Å². The molecule has 2 aromatic rings. The smallest absolute Gasteiger partial charge is 0.337 e. The van der Waals surface area contributed by atoms with Gasteiger partial charge >= 0.3 is 5.97 Å². The Labute approximate surface area is 113 Å². The Morgan fingerprint density at radius 3 is 2.72 bits per heavy atom. The fourth-order valence-electron chi connectivity index (χ4n) is 1.48. The predicted molar refractivity (Wildman–Crippen MR) is 73.4 cm³/mol. The molecular weight excluding hydrogens is 296 g/mol. The number of hydrogen-bond acceptors (Lipinski definition) is 3. The summed E-state index contributed by atoms with van der Waals surface area (Å²) in [4.78, 5) is 14.8. The minimum absolute atomic E-state index is 0.173. The van der Waals surface area contributed by atoms with E-state index in [9.17, 15) is 4.79 Å². The Kier molecular flexibility index (Phi) is 3.62. The van der Waals surface area contributed by atoms with E-state index in [-0.39, 0.29) is 5.56 Å². The highest BCUT2D eigenvalue weighted by Gasteiger charge is 2.05. The van der Waals surface area contributed by atoms with Gasteiger partial charge in [-0.05, 0) is 36.8 Å². The average molecular weight is 307 g/mol. The summed E-state index contributed by atoms with van der Waals surface area (Å²) < 4.78 is 1.01. The third kappa shape index (κ3) is 2.68. The van der Waals surface area contributed by atoms with Gasteiger partial charge in [-0.2, -0.15) is 0 Å². The summed E-state index contributed by atoms with van der Waals surface area (Å²) in [6.07, 6.45) is 1.33. The van der Waals surface area contributed by atoms with Crippen LogP contribution in [0.3, 0.4) is 0 Å². The summed E-state index contributed by atoms with van der Waals surface area (Å²) in [6, 6.07) is 8.98. The number of aromatic carboxylic acids is 1. The first kappa shape index (κ1) is 12.6. The number of hydrogen-bond donors (Lipinski definition) is 2. The average Bonchev–Trinajstić information content (AvgIpc) is 2.36. The van der Waals surface area contributed by atoms with Gasteiger partial charge in [-0.3, -0.25) is 0 Å². The van der Waals surface area contributed by atoms with Gasteiger partial charge in [-0.15, -0.1) is 0 Å². The number of pyridine rings is 1. The SMILES string of the molecule is Cc1c(Br)cccc1Nc1ccc(C(=O)O)cn1. The van der Waals surface area contributed by atoms with Crippen LogP contribution in [0.2, 0.25) is 0 Å². The topological polar surface area (TPSA) is 62.2 Å². The van der Waals surface area contributed by atoms with Crippen LogP contribution in [0, 0.1) is 6.92 Å². The van der Waals surface area contributed by atoms with Crippen molar-refractivity contribution in [1.82, 2.24) is 4.98 Å². The molecule has 2 rings (SSSR count). The first-order valence-electron chi connectivity index (χ1n) is 5.29. The standard InChI is InChI=1S/C13H11BrN2O2/c1-8-10(14)3-2-4-11(8)16-12-6-5-9(7-15-12)13(17)18/h2-7H,1H3,(H,15,16)(H,17,18). The molecule has 0 fully saturated rings. The van der Waals surface area contributed by atoms with E-state index < -0.39 is 5.97 Å². The van der Waals surface area contributed by atoms with Crippen molar-refractivity contribution in [3.8, 4) is 0 Å². The van der Waals surface area contributed by atoms with E-state index in [1.807, 2.05) is 25.1 Å². The minimum atomic E-state index is -0.979. The molecule has 0 bridgehead atoms. The van der Waals surface area contributed by atoms with Gasteiger partial charge in [0, 0.05) is 16.4 Å². The van der Waals surface area contributed by atoms with E-state index in [0.717, 1.165) is 15.7 Å². The molecule has 2 N–H and O–H groups in total. The second-order valence-electron chi connectivity index (χ2n) is 3.77. The molecule has 92 valence electrons. The molecule has 0 radical (unpaired) electrons. The summed E-state index contributed by atoms with van der Waals surface area (Å²) in [5.74, 6) is -0.367. The van der Waals surface area contributed by atoms with Crippen molar-refractivity contribution in [2.75, 3.05) is 5.32 Å². The van der Waals surface area contributed by atoms with Crippen molar-refractivity contribution in [3.05, 3.63) is 52.1 Å². The van der Waals surface area contributed by atoms with E-state index >= 15 is 0 Å². The molecular formula is C13H11BrN2O2. The molecule has 0 aliphatic rings. The molecule has 1 aromatic carbocycles. The third-order valence-electron chi connectivity index (χ3n) is 2.54. The molecule has 0 saturated heterocycles. The van der Waals surface area contributed by atoms with E-state index in [2.05, 4.69) is 26.2 Å². The number of anilines is 2. The maximum Gasteiger partial charge on any atom is 0.337 e. The molecule has 5 heteroatoms. The Hall–Kier alpha value is -1.88. The molecule has 0 aliphatic carbocycles. The van der Waals surface area contributed by atoms with Crippen molar-refractivity contribution in [2.24, 2.45) is 0 Å². The first-order chi connectivity index (χ1) is 8.58. The second kappa shape index (κ2) is 5.18. The highest BCUT2D eigenvalue weighted by Crippen LogP contribution is 2.25.